The Morgan fingerprint density at radius 3 is 2.58 bits per heavy atom. The van der Waals surface area contributed by atoms with Crippen LogP contribution in [0.1, 0.15) is 69.6 Å². The van der Waals surface area contributed by atoms with E-state index >= 15 is 0 Å². The van der Waals surface area contributed by atoms with Gasteiger partial charge in [0.1, 0.15) is 12.4 Å². The molecule has 4 heteroatoms. The van der Waals surface area contributed by atoms with Crippen molar-refractivity contribution in [3.8, 4) is 5.75 Å². The molecule has 0 unspecified atom stereocenters. The van der Waals surface area contributed by atoms with E-state index in [4.69, 9.17) is 9.84 Å². The van der Waals surface area contributed by atoms with Crippen molar-refractivity contribution >= 4 is 5.97 Å². The van der Waals surface area contributed by atoms with E-state index in [1.54, 1.807) is 0 Å². The number of phenolic OH excluding ortho intramolecular Hbond substituents is 1. The van der Waals surface area contributed by atoms with Gasteiger partial charge >= 0.3 is 5.97 Å². The highest BCUT2D eigenvalue weighted by atomic mass is 16.5. The molecule has 0 radical (unpaired) electrons. The molecule has 24 heavy (non-hydrogen) atoms. The summed E-state index contributed by atoms with van der Waals surface area (Å²) in [6.45, 7) is 8.30. The topological polar surface area (TPSA) is 66.8 Å². The predicted molar refractivity (Wildman–Crippen MR) is 96.4 cm³/mol. The number of aryl methyl sites for hydroxylation is 2. The standard InChI is InChI=1S/C20H32O4/c1-5-6-7-10-20(3,4)17-14-16(13-15(2)19(17)23)8-9-18(22)24-12-11-21/h13-14,21,23H,5-12H2,1-4H3. The van der Waals surface area contributed by atoms with Crippen LogP contribution in [0.15, 0.2) is 12.1 Å². The van der Waals surface area contributed by atoms with Gasteiger partial charge in [0, 0.05) is 12.0 Å². The number of hydrogen-bond acceptors (Lipinski definition) is 4. The van der Waals surface area contributed by atoms with Crippen LogP contribution in [0, 0.1) is 6.92 Å². The summed E-state index contributed by atoms with van der Waals surface area (Å²) in [5, 5.41) is 19.2. The van der Waals surface area contributed by atoms with Crippen molar-refractivity contribution < 1.29 is 19.7 Å². The van der Waals surface area contributed by atoms with Crippen LogP contribution in [0.2, 0.25) is 0 Å². The smallest absolute Gasteiger partial charge is 0.306 e. The SMILES string of the molecule is CCCCCC(C)(C)c1cc(CCC(=O)OCCO)cc(C)c1O. The number of aliphatic hydroxyl groups is 1. The molecule has 0 heterocycles. The second kappa shape index (κ2) is 9.67. The molecule has 1 aromatic rings. The Balaban J connectivity index is 2.86. The van der Waals surface area contributed by atoms with E-state index in [0.29, 0.717) is 12.2 Å². The summed E-state index contributed by atoms with van der Waals surface area (Å²) in [5.74, 6) is 0.0571. The van der Waals surface area contributed by atoms with Crippen molar-refractivity contribution in [3.63, 3.8) is 0 Å². The minimum absolute atomic E-state index is 0.0448. The lowest BCUT2D eigenvalue weighted by atomic mass is 9.78. The van der Waals surface area contributed by atoms with Crippen molar-refractivity contribution in [1.29, 1.82) is 0 Å². The second-order valence-corrected chi connectivity index (χ2v) is 7.09. The molecule has 0 aliphatic heterocycles. The number of rotatable bonds is 10. The van der Waals surface area contributed by atoms with Crippen LogP contribution >= 0.6 is 0 Å². The molecular formula is C20H32O4. The number of benzene rings is 1. The minimum atomic E-state index is -0.307. The van der Waals surface area contributed by atoms with E-state index in [-0.39, 0.29) is 31.0 Å². The summed E-state index contributed by atoms with van der Waals surface area (Å²) >= 11 is 0. The van der Waals surface area contributed by atoms with Gasteiger partial charge in [-0.3, -0.25) is 4.79 Å². The van der Waals surface area contributed by atoms with Gasteiger partial charge in [-0.2, -0.15) is 0 Å². The number of carbonyl (C=O) groups excluding carboxylic acids is 1. The predicted octanol–water partition coefficient (Wildman–Crippen LogP) is 4.03. The third-order valence-corrected chi connectivity index (χ3v) is 4.47. The van der Waals surface area contributed by atoms with Crippen LogP contribution in [0.25, 0.3) is 0 Å². The Labute approximate surface area is 145 Å². The maximum atomic E-state index is 11.6. The largest absolute Gasteiger partial charge is 0.507 e. The Bertz CT molecular complexity index is 535. The van der Waals surface area contributed by atoms with E-state index in [1.807, 2.05) is 19.1 Å². The Morgan fingerprint density at radius 1 is 1.25 bits per heavy atom. The van der Waals surface area contributed by atoms with Crippen LogP contribution < -0.4 is 0 Å². The molecule has 0 aliphatic carbocycles. The number of unbranched alkanes of at least 4 members (excludes halogenated alkanes) is 2. The first kappa shape index (κ1) is 20.5. The fraction of sp³-hybridized carbons (Fsp3) is 0.650. The van der Waals surface area contributed by atoms with Gasteiger partial charge in [-0.15, -0.1) is 0 Å². The van der Waals surface area contributed by atoms with Crippen LogP contribution in [-0.4, -0.2) is 29.4 Å². The molecule has 2 N–H and O–H groups in total. The number of carbonyl (C=O) groups is 1. The summed E-state index contributed by atoms with van der Waals surface area (Å²) in [5.41, 5.74) is 2.73. The molecule has 1 aromatic carbocycles. The summed E-state index contributed by atoms with van der Waals surface area (Å²) < 4.78 is 4.89. The lowest BCUT2D eigenvalue weighted by Crippen LogP contribution is -2.18. The van der Waals surface area contributed by atoms with Crippen LogP contribution in [-0.2, 0) is 21.4 Å². The van der Waals surface area contributed by atoms with Crippen molar-refractivity contribution in [3.05, 3.63) is 28.8 Å². The highest BCUT2D eigenvalue weighted by molar-refractivity contribution is 5.69. The molecule has 0 spiro atoms. The van der Waals surface area contributed by atoms with Crippen molar-refractivity contribution in [2.45, 2.75) is 71.6 Å². The normalized spacial score (nSPS) is 11.5. The minimum Gasteiger partial charge on any atom is -0.507 e. The first-order chi connectivity index (χ1) is 11.3. The Hall–Kier alpha value is -1.55. The van der Waals surface area contributed by atoms with Crippen LogP contribution in [0.5, 0.6) is 5.75 Å². The lowest BCUT2D eigenvalue weighted by molar-refractivity contribution is -0.144. The maximum absolute atomic E-state index is 11.6. The Morgan fingerprint density at radius 2 is 1.96 bits per heavy atom. The molecule has 136 valence electrons. The van der Waals surface area contributed by atoms with E-state index in [1.165, 1.54) is 12.8 Å². The monoisotopic (exact) mass is 336 g/mol. The number of hydrogen-bond donors (Lipinski definition) is 2. The molecular weight excluding hydrogens is 304 g/mol. The fourth-order valence-corrected chi connectivity index (χ4v) is 2.94. The number of ether oxygens (including phenoxy) is 1. The fourth-order valence-electron chi connectivity index (χ4n) is 2.94. The first-order valence-corrected chi connectivity index (χ1v) is 8.91. The number of esters is 1. The summed E-state index contributed by atoms with van der Waals surface area (Å²) in [6, 6.07) is 3.95. The molecule has 0 saturated heterocycles. The van der Waals surface area contributed by atoms with Gasteiger partial charge in [0.25, 0.3) is 0 Å². The Kier molecular flexibility index (Phi) is 8.26. The van der Waals surface area contributed by atoms with E-state index < -0.39 is 0 Å². The summed E-state index contributed by atoms with van der Waals surface area (Å²) in [6.07, 6.45) is 5.38. The van der Waals surface area contributed by atoms with Gasteiger partial charge in [0.05, 0.1) is 6.61 Å². The first-order valence-electron chi connectivity index (χ1n) is 8.91. The third-order valence-electron chi connectivity index (χ3n) is 4.47. The van der Waals surface area contributed by atoms with Crippen molar-refractivity contribution in [1.82, 2.24) is 0 Å². The molecule has 0 saturated carbocycles. The average molecular weight is 336 g/mol. The van der Waals surface area contributed by atoms with E-state index in [2.05, 4.69) is 20.8 Å². The third kappa shape index (κ3) is 6.16. The van der Waals surface area contributed by atoms with E-state index in [9.17, 15) is 9.90 Å². The molecule has 4 nitrogen and oxygen atoms in total. The second-order valence-electron chi connectivity index (χ2n) is 7.09. The zero-order valence-corrected chi connectivity index (χ0v) is 15.5. The molecule has 0 bridgehead atoms. The van der Waals surface area contributed by atoms with Crippen LogP contribution in [0.3, 0.4) is 0 Å². The molecule has 0 amide bonds. The average Bonchev–Trinajstić information content (AvgIpc) is 2.53. The summed E-state index contributed by atoms with van der Waals surface area (Å²) in [7, 11) is 0. The number of aliphatic hydroxyl groups excluding tert-OH is 1. The highest BCUT2D eigenvalue weighted by Gasteiger charge is 2.25. The van der Waals surface area contributed by atoms with Crippen molar-refractivity contribution in [2.75, 3.05) is 13.2 Å². The lowest BCUT2D eigenvalue weighted by Gasteiger charge is -2.27. The highest BCUT2D eigenvalue weighted by Crippen LogP contribution is 2.38. The zero-order valence-electron chi connectivity index (χ0n) is 15.5. The van der Waals surface area contributed by atoms with E-state index in [0.717, 1.165) is 29.5 Å². The van der Waals surface area contributed by atoms with Gasteiger partial charge in [-0.1, -0.05) is 52.2 Å². The van der Waals surface area contributed by atoms with Gasteiger partial charge in [-0.25, -0.2) is 0 Å². The molecule has 0 aromatic heterocycles. The van der Waals surface area contributed by atoms with Gasteiger partial charge in [0.2, 0.25) is 0 Å². The van der Waals surface area contributed by atoms with Gasteiger partial charge in [-0.05, 0) is 36.3 Å². The number of aromatic hydroxyl groups is 1. The quantitative estimate of drug-likeness (QED) is 0.500. The van der Waals surface area contributed by atoms with Crippen LogP contribution in [0.4, 0.5) is 0 Å². The zero-order chi connectivity index (χ0) is 18.2. The molecule has 1 rings (SSSR count). The summed E-state index contributed by atoms with van der Waals surface area (Å²) in [4.78, 5) is 11.6. The molecule has 0 aliphatic rings. The van der Waals surface area contributed by atoms with Gasteiger partial charge < -0.3 is 14.9 Å². The number of phenols is 1. The van der Waals surface area contributed by atoms with Gasteiger partial charge in [0.15, 0.2) is 0 Å². The molecule has 0 fully saturated rings. The molecule has 0 atom stereocenters. The van der Waals surface area contributed by atoms with Crippen molar-refractivity contribution in [2.24, 2.45) is 0 Å². The maximum Gasteiger partial charge on any atom is 0.306 e.